The maximum atomic E-state index is 6.40. The van der Waals surface area contributed by atoms with E-state index in [0.29, 0.717) is 5.88 Å². The van der Waals surface area contributed by atoms with Gasteiger partial charge in [-0.1, -0.05) is 26.2 Å². The third-order valence-electron chi connectivity index (χ3n) is 3.93. The maximum Gasteiger partial charge on any atom is 0.237 e. The zero-order chi connectivity index (χ0) is 12.3. The first kappa shape index (κ1) is 12.3. The third kappa shape index (κ3) is 2.41. The SMILES string of the molecule is COc1nccnc1C(N)C1(C)CCCCC1. The first-order valence-electron chi connectivity index (χ1n) is 6.28. The van der Waals surface area contributed by atoms with Gasteiger partial charge < -0.3 is 10.5 Å². The molecular weight excluding hydrogens is 214 g/mol. The molecule has 1 atom stereocenters. The fraction of sp³-hybridized carbons (Fsp3) is 0.692. The van der Waals surface area contributed by atoms with E-state index in [1.54, 1.807) is 19.5 Å². The molecule has 4 heteroatoms. The van der Waals surface area contributed by atoms with Crippen LogP contribution < -0.4 is 10.5 Å². The van der Waals surface area contributed by atoms with E-state index in [1.165, 1.54) is 19.3 Å². The van der Waals surface area contributed by atoms with Crippen molar-refractivity contribution in [2.45, 2.75) is 45.1 Å². The van der Waals surface area contributed by atoms with E-state index in [9.17, 15) is 0 Å². The fourth-order valence-electron chi connectivity index (χ4n) is 2.71. The fourth-order valence-corrected chi connectivity index (χ4v) is 2.71. The Labute approximate surface area is 103 Å². The minimum Gasteiger partial charge on any atom is -0.480 e. The van der Waals surface area contributed by atoms with Crippen molar-refractivity contribution >= 4 is 0 Å². The van der Waals surface area contributed by atoms with Crippen LogP contribution in [0.2, 0.25) is 0 Å². The molecule has 0 bridgehead atoms. The van der Waals surface area contributed by atoms with E-state index in [4.69, 9.17) is 10.5 Å². The monoisotopic (exact) mass is 235 g/mol. The van der Waals surface area contributed by atoms with Crippen molar-refractivity contribution in [3.05, 3.63) is 18.1 Å². The summed E-state index contributed by atoms with van der Waals surface area (Å²) in [6.45, 7) is 2.25. The van der Waals surface area contributed by atoms with Gasteiger partial charge in [0.25, 0.3) is 0 Å². The van der Waals surface area contributed by atoms with Gasteiger partial charge in [-0.2, -0.15) is 0 Å². The Morgan fingerprint density at radius 3 is 2.53 bits per heavy atom. The zero-order valence-corrected chi connectivity index (χ0v) is 10.6. The molecule has 0 amide bonds. The Bertz CT molecular complexity index is 375. The van der Waals surface area contributed by atoms with E-state index in [0.717, 1.165) is 18.5 Å². The molecule has 1 heterocycles. The highest BCUT2D eigenvalue weighted by Gasteiger charge is 2.36. The molecule has 17 heavy (non-hydrogen) atoms. The topological polar surface area (TPSA) is 61.0 Å². The van der Waals surface area contributed by atoms with Crippen LogP contribution in [0.4, 0.5) is 0 Å². The van der Waals surface area contributed by atoms with Crippen LogP contribution in [0.1, 0.15) is 50.8 Å². The second kappa shape index (κ2) is 5.00. The number of hydrogen-bond donors (Lipinski definition) is 1. The Morgan fingerprint density at radius 2 is 1.88 bits per heavy atom. The van der Waals surface area contributed by atoms with Crippen LogP contribution in [0.3, 0.4) is 0 Å². The molecule has 1 saturated carbocycles. The molecule has 0 saturated heterocycles. The molecule has 1 aliphatic carbocycles. The van der Waals surface area contributed by atoms with Gasteiger partial charge in [0.2, 0.25) is 5.88 Å². The third-order valence-corrected chi connectivity index (χ3v) is 3.93. The van der Waals surface area contributed by atoms with Crippen molar-refractivity contribution in [2.24, 2.45) is 11.1 Å². The minimum absolute atomic E-state index is 0.0913. The molecule has 0 spiro atoms. The van der Waals surface area contributed by atoms with Gasteiger partial charge in [0.05, 0.1) is 13.2 Å². The second-order valence-electron chi connectivity index (χ2n) is 5.14. The summed E-state index contributed by atoms with van der Waals surface area (Å²) in [5.41, 5.74) is 7.32. The normalized spacial score (nSPS) is 20.9. The van der Waals surface area contributed by atoms with Crippen molar-refractivity contribution in [3.63, 3.8) is 0 Å². The van der Waals surface area contributed by atoms with Gasteiger partial charge in [0.1, 0.15) is 5.69 Å². The van der Waals surface area contributed by atoms with Crippen molar-refractivity contribution in [3.8, 4) is 5.88 Å². The quantitative estimate of drug-likeness (QED) is 0.874. The van der Waals surface area contributed by atoms with Crippen LogP contribution >= 0.6 is 0 Å². The lowest BCUT2D eigenvalue weighted by Crippen LogP contribution is -2.34. The summed E-state index contributed by atoms with van der Waals surface area (Å²) in [6.07, 6.45) is 9.48. The average molecular weight is 235 g/mol. The molecule has 2 N–H and O–H groups in total. The highest BCUT2D eigenvalue weighted by Crippen LogP contribution is 2.45. The molecule has 1 fully saturated rings. The molecule has 4 nitrogen and oxygen atoms in total. The summed E-state index contributed by atoms with van der Waals surface area (Å²) < 4.78 is 5.25. The van der Waals surface area contributed by atoms with Gasteiger partial charge in [0, 0.05) is 12.4 Å². The summed E-state index contributed by atoms with van der Waals surface area (Å²) in [5.74, 6) is 0.562. The van der Waals surface area contributed by atoms with Gasteiger partial charge in [-0.25, -0.2) is 4.98 Å². The van der Waals surface area contributed by atoms with E-state index in [1.807, 2.05) is 0 Å². The van der Waals surface area contributed by atoms with Crippen LogP contribution in [0.5, 0.6) is 5.88 Å². The van der Waals surface area contributed by atoms with Gasteiger partial charge in [-0.3, -0.25) is 4.98 Å². The number of ether oxygens (including phenoxy) is 1. The minimum atomic E-state index is -0.0913. The number of methoxy groups -OCH3 is 1. The summed E-state index contributed by atoms with van der Waals surface area (Å²) in [5, 5.41) is 0. The summed E-state index contributed by atoms with van der Waals surface area (Å²) in [7, 11) is 1.61. The standard InChI is InChI=1S/C13H21N3O/c1-13(6-4-3-5-7-13)11(14)10-12(17-2)16-9-8-15-10/h8-9,11H,3-7,14H2,1-2H3. The predicted octanol–water partition coefficient (Wildman–Crippen LogP) is 2.46. The highest BCUT2D eigenvalue weighted by atomic mass is 16.5. The Balaban J connectivity index is 2.26. The second-order valence-corrected chi connectivity index (χ2v) is 5.14. The molecule has 94 valence electrons. The van der Waals surface area contributed by atoms with E-state index in [2.05, 4.69) is 16.9 Å². The summed E-state index contributed by atoms with van der Waals surface area (Å²) in [6, 6.07) is -0.0913. The first-order valence-corrected chi connectivity index (χ1v) is 6.28. The average Bonchev–Trinajstić information content (AvgIpc) is 2.38. The summed E-state index contributed by atoms with van der Waals surface area (Å²) >= 11 is 0. The van der Waals surface area contributed by atoms with Crippen LogP contribution in [0.25, 0.3) is 0 Å². The van der Waals surface area contributed by atoms with Crippen molar-refractivity contribution in [2.75, 3.05) is 7.11 Å². The maximum absolute atomic E-state index is 6.40. The number of hydrogen-bond acceptors (Lipinski definition) is 4. The Hall–Kier alpha value is -1.16. The molecule has 1 unspecified atom stereocenters. The molecule has 2 rings (SSSR count). The Morgan fingerprint density at radius 1 is 1.24 bits per heavy atom. The van der Waals surface area contributed by atoms with Crippen LogP contribution in [-0.4, -0.2) is 17.1 Å². The van der Waals surface area contributed by atoms with Crippen molar-refractivity contribution < 1.29 is 4.74 Å². The number of rotatable bonds is 3. The molecular formula is C13H21N3O. The van der Waals surface area contributed by atoms with E-state index < -0.39 is 0 Å². The van der Waals surface area contributed by atoms with Crippen molar-refractivity contribution in [1.82, 2.24) is 9.97 Å². The predicted molar refractivity (Wildman–Crippen MR) is 66.7 cm³/mol. The zero-order valence-electron chi connectivity index (χ0n) is 10.6. The largest absolute Gasteiger partial charge is 0.480 e. The van der Waals surface area contributed by atoms with E-state index >= 15 is 0 Å². The smallest absolute Gasteiger partial charge is 0.237 e. The number of aromatic nitrogens is 2. The first-order chi connectivity index (χ1) is 8.17. The van der Waals surface area contributed by atoms with Gasteiger partial charge in [0.15, 0.2) is 0 Å². The number of nitrogens with two attached hydrogens (primary N) is 1. The lowest BCUT2D eigenvalue weighted by molar-refractivity contribution is 0.164. The molecule has 0 aliphatic heterocycles. The molecule has 1 aliphatic rings. The molecule has 1 aromatic heterocycles. The van der Waals surface area contributed by atoms with Gasteiger partial charge in [-0.15, -0.1) is 0 Å². The van der Waals surface area contributed by atoms with Crippen LogP contribution in [-0.2, 0) is 0 Å². The van der Waals surface area contributed by atoms with Gasteiger partial charge >= 0.3 is 0 Å². The lowest BCUT2D eigenvalue weighted by Gasteiger charge is -2.38. The highest BCUT2D eigenvalue weighted by molar-refractivity contribution is 5.23. The molecule has 0 aromatic carbocycles. The van der Waals surface area contributed by atoms with Gasteiger partial charge in [-0.05, 0) is 18.3 Å². The van der Waals surface area contributed by atoms with Crippen LogP contribution in [0, 0.1) is 5.41 Å². The van der Waals surface area contributed by atoms with Crippen LogP contribution in [0.15, 0.2) is 12.4 Å². The lowest BCUT2D eigenvalue weighted by atomic mass is 9.70. The van der Waals surface area contributed by atoms with Crippen molar-refractivity contribution in [1.29, 1.82) is 0 Å². The molecule has 1 aromatic rings. The molecule has 0 radical (unpaired) electrons. The number of nitrogens with zero attached hydrogens (tertiary/aromatic N) is 2. The summed E-state index contributed by atoms with van der Waals surface area (Å²) in [4.78, 5) is 8.54. The van der Waals surface area contributed by atoms with E-state index in [-0.39, 0.29) is 11.5 Å². The Kier molecular flexibility index (Phi) is 3.62.